The van der Waals surface area contributed by atoms with E-state index < -0.39 is 12.6 Å². The molecule has 0 saturated heterocycles. The SMILES string of the molecule is CCc1ccc2nc(Nc3cc(Cc4ccccc4)nc(Nc4ccc(OCC(=O)O)cc4)n3)sc2c1. The molecule has 0 fully saturated rings. The summed E-state index contributed by atoms with van der Waals surface area (Å²) in [6.45, 7) is 1.75. The van der Waals surface area contributed by atoms with Gasteiger partial charge in [0.25, 0.3) is 0 Å². The van der Waals surface area contributed by atoms with Gasteiger partial charge in [-0.3, -0.25) is 0 Å². The van der Waals surface area contributed by atoms with Crippen molar-refractivity contribution in [1.29, 1.82) is 0 Å². The molecular weight excluding hydrogens is 486 g/mol. The highest BCUT2D eigenvalue weighted by Crippen LogP contribution is 2.30. The molecule has 0 saturated carbocycles. The van der Waals surface area contributed by atoms with Crippen LogP contribution < -0.4 is 15.4 Å². The maximum atomic E-state index is 10.7. The lowest BCUT2D eigenvalue weighted by Gasteiger charge is -2.11. The van der Waals surface area contributed by atoms with Crippen LogP contribution in [0.4, 0.5) is 22.6 Å². The Hall–Kier alpha value is -4.50. The number of thiazole rings is 1. The molecule has 9 heteroatoms. The third-order valence-electron chi connectivity index (χ3n) is 5.58. The van der Waals surface area contributed by atoms with E-state index in [-0.39, 0.29) is 0 Å². The number of rotatable bonds is 10. The molecule has 0 amide bonds. The topological polar surface area (TPSA) is 109 Å². The maximum absolute atomic E-state index is 10.7. The summed E-state index contributed by atoms with van der Waals surface area (Å²) in [7, 11) is 0. The Kier molecular flexibility index (Phi) is 7.23. The van der Waals surface area contributed by atoms with Crippen LogP contribution in [0, 0.1) is 0 Å². The molecule has 0 aliphatic carbocycles. The van der Waals surface area contributed by atoms with Crippen LogP contribution in [0.5, 0.6) is 5.75 Å². The van der Waals surface area contributed by atoms with Gasteiger partial charge >= 0.3 is 5.97 Å². The fourth-order valence-corrected chi connectivity index (χ4v) is 4.71. The number of carbonyl (C=O) groups is 1. The van der Waals surface area contributed by atoms with Crippen molar-refractivity contribution in [3.05, 3.63) is 95.7 Å². The van der Waals surface area contributed by atoms with Gasteiger partial charge in [0, 0.05) is 18.2 Å². The van der Waals surface area contributed by atoms with Crippen molar-refractivity contribution in [1.82, 2.24) is 15.0 Å². The van der Waals surface area contributed by atoms with E-state index in [4.69, 9.17) is 19.8 Å². The molecule has 0 aliphatic heterocycles. The number of nitrogens with one attached hydrogen (secondary N) is 2. The van der Waals surface area contributed by atoms with Gasteiger partial charge < -0.3 is 20.5 Å². The Labute approximate surface area is 218 Å². The first-order valence-corrected chi connectivity index (χ1v) is 12.7. The van der Waals surface area contributed by atoms with Gasteiger partial charge in [0.2, 0.25) is 5.95 Å². The predicted octanol–water partition coefficient (Wildman–Crippen LogP) is 6.19. The third-order valence-corrected chi connectivity index (χ3v) is 6.51. The van der Waals surface area contributed by atoms with Gasteiger partial charge in [0.05, 0.1) is 15.9 Å². The Balaban J connectivity index is 1.40. The molecule has 8 nitrogen and oxygen atoms in total. The molecule has 0 aliphatic rings. The number of hydrogen-bond acceptors (Lipinski definition) is 8. The molecule has 2 aromatic heterocycles. The van der Waals surface area contributed by atoms with Crippen LogP contribution in [0.2, 0.25) is 0 Å². The molecular formula is C28H25N5O3S. The highest BCUT2D eigenvalue weighted by atomic mass is 32.1. The standard InChI is InChI=1S/C28H25N5O3S/c1-2-18-8-13-23-24(15-18)37-28(31-23)33-25-16-21(14-19-6-4-3-5-7-19)30-27(32-25)29-20-9-11-22(12-10-20)36-17-26(34)35/h3-13,15-16H,2,14,17H2,1H3,(H,34,35)(H2,29,30,31,32,33). The monoisotopic (exact) mass is 511 g/mol. The molecule has 37 heavy (non-hydrogen) atoms. The number of nitrogens with zero attached hydrogens (tertiary/aromatic N) is 3. The van der Waals surface area contributed by atoms with Crippen molar-refractivity contribution < 1.29 is 14.6 Å². The molecule has 3 aromatic carbocycles. The van der Waals surface area contributed by atoms with Crippen molar-refractivity contribution in [3.8, 4) is 5.75 Å². The molecule has 2 heterocycles. The second kappa shape index (κ2) is 11.0. The van der Waals surface area contributed by atoms with E-state index in [2.05, 4.69) is 46.8 Å². The number of aryl methyl sites for hydroxylation is 1. The summed E-state index contributed by atoms with van der Waals surface area (Å²) < 4.78 is 6.34. The second-order valence-electron chi connectivity index (χ2n) is 8.36. The smallest absolute Gasteiger partial charge is 0.341 e. The average Bonchev–Trinajstić information content (AvgIpc) is 3.30. The number of ether oxygens (including phenoxy) is 1. The maximum Gasteiger partial charge on any atom is 0.341 e. The molecule has 0 unspecified atom stereocenters. The van der Waals surface area contributed by atoms with E-state index >= 15 is 0 Å². The van der Waals surface area contributed by atoms with Gasteiger partial charge in [-0.05, 0) is 53.9 Å². The lowest BCUT2D eigenvalue weighted by molar-refractivity contribution is -0.139. The number of carboxylic acids is 1. The van der Waals surface area contributed by atoms with E-state index in [1.165, 1.54) is 5.56 Å². The van der Waals surface area contributed by atoms with E-state index in [0.29, 0.717) is 23.9 Å². The minimum atomic E-state index is -1.02. The van der Waals surface area contributed by atoms with Gasteiger partial charge in [-0.1, -0.05) is 54.7 Å². The Morgan fingerprint density at radius 2 is 1.73 bits per heavy atom. The van der Waals surface area contributed by atoms with E-state index in [9.17, 15) is 4.79 Å². The van der Waals surface area contributed by atoms with Crippen molar-refractivity contribution >= 4 is 50.1 Å². The number of benzene rings is 3. The minimum absolute atomic E-state index is 0.391. The zero-order valence-electron chi connectivity index (χ0n) is 20.1. The van der Waals surface area contributed by atoms with E-state index in [1.54, 1.807) is 35.6 Å². The fourth-order valence-electron chi connectivity index (χ4n) is 3.77. The van der Waals surface area contributed by atoms with Gasteiger partial charge in [-0.2, -0.15) is 4.98 Å². The molecule has 0 atom stereocenters. The van der Waals surface area contributed by atoms with Crippen LogP contribution in [0.3, 0.4) is 0 Å². The number of hydrogen-bond donors (Lipinski definition) is 3. The first-order chi connectivity index (χ1) is 18.0. The van der Waals surface area contributed by atoms with Crippen LogP contribution >= 0.6 is 11.3 Å². The van der Waals surface area contributed by atoms with Crippen LogP contribution in [0.15, 0.2) is 78.9 Å². The lowest BCUT2D eigenvalue weighted by Crippen LogP contribution is -2.09. The summed E-state index contributed by atoms with van der Waals surface area (Å²) in [5.41, 5.74) is 4.97. The van der Waals surface area contributed by atoms with Crippen molar-refractivity contribution in [2.45, 2.75) is 19.8 Å². The van der Waals surface area contributed by atoms with E-state index in [1.807, 2.05) is 30.3 Å². The van der Waals surface area contributed by atoms with Crippen LogP contribution in [0.25, 0.3) is 10.2 Å². The Bertz CT molecular complexity index is 1520. The molecule has 0 spiro atoms. The third kappa shape index (κ3) is 6.39. The number of anilines is 4. The summed E-state index contributed by atoms with van der Waals surface area (Å²) in [6, 6.07) is 25.4. The largest absolute Gasteiger partial charge is 0.482 e. The summed E-state index contributed by atoms with van der Waals surface area (Å²) in [6.07, 6.45) is 1.63. The average molecular weight is 512 g/mol. The lowest BCUT2D eigenvalue weighted by atomic mass is 10.1. The molecule has 186 valence electrons. The van der Waals surface area contributed by atoms with Gasteiger partial charge in [0.15, 0.2) is 11.7 Å². The molecule has 3 N–H and O–H groups in total. The van der Waals surface area contributed by atoms with Crippen molar-refractivity contribution in [2.75, 3.05) is 17.2 Å². The highest BCUT2D eigenvalue weighted by molar-refractivity contribution is 7.22. The van der Waals surface area contributed by atoms with Crippen LogP contribution in [0.1, 0.15) is 23.7 Å². The Morgan fingerprint density at radius 1 is 0.919 bits per heavy atom. The Morgan fingerprint density at radius 3 is 2.49 bits per heavy atom. The summed E-state index contributed by atoms with van der Waals surface area (Å²) in [5, 5.41) is 16.2. The number of fused-ring (bicyclic) bond motifs is 1. The number of aliphatic carboxylic acids is 1. The van der Waals surface area contributed by atoms with Crippen LogP contribution in [-0.4, -0.2) is 32.6 Å². The first kappa shape index (κ1) is 24.2. The van der Waals surface area contributed by atoms with Crippen LogP contribution in [-0.2, 0) is 17.6 Å². The van der Waals surface area contributed by atoms with Crippen molar-refractivity contribution in [3.63, 3.8) is 0 Å². The number of carboxylic acid groups (broad SMARTS) is 1. The summed E-state index contributed by atoms with van der Waals surface area (Å²) in [4.78, 5) is 24.8. The molecule has 0 bridgehead atoms. The molecule has 5 rings (SSSR count). The first-order valence-electron chi connectivity index (χ1n) is 11.8. The highest BCUT2D eigenvalue weighted by Gasteiger charge is 2.10. The van der Waals surface area contributed by atoms with Gasteiger partial charge in [-0.15, -0.1) is 0 Å². The molecule has 5 aromatic rings. The zero-order valence-corrected chi connectivity index (χ0v) is 21.0. The summed E-state index contributed by atoms with van der Waals surface area (Å²) in [5.74, 6) is 0.519. The van der Waals surface area contributed by atoms with Gasteiger partial charge in [-0.25, -0.2) is 14.8 Å². The fraction of sp³-hybridized carbons (Fsp3) is 0.143. The quantitative estimate of drug-likeness (QED) is 0.204. The second-order valence-corrected chi connectivity index (χ2v) is 9.39. The minimum Gasteiger partial charge on any atom is -0.482 e. The van der Waals surface area contributed by atoms with E-state index in [0.717, 1.165) is 38.7 Å². The predicted molar refractivity (Wildman–Crippen MR) is 146 cm³/mol. The summed E-state index contributed by atoms with van der Waals surface area (Å²) >= 11 is 1.59. The zero-order chi connectivity index (χ0) is 25.6. The van der Waals surface area contributed by atoms with Crippen molar-refractivity contribution in [2.24, 2.45) is 0 Å². The number of aromatic nitrogens is 3. The molecule has 0 radical (unpaired) electrons. The normalized spacial score (nSPS) is 10.8. The van der Waals surface area contributed by atoms with Gasteiger partial charge in [0.1, 0.15) is 11.6 Å².